The van der Waals surface area contributed by atoms with Crippen LogP contribution in [0.2, 0.25) is 0 Å². The van der Waals surface area contributed by atoms with Crippen LogP contribution in [0.1, 0.15) is 49.9 Å². The SMILES string of the molecule is CCCNC(Cc1cnn(CC)c1)c1ccncc1CC. The minimum absolute atomic E-state index is 0.331. The van der Waals surface area contributed by atoms with Crippen LogP contribution in [-0.4, -0.2) is 21.3 Å². The van der Waals surface area contributed by atoms with Crippen LogP contribution in [0.3, 0.4) is 0 Å². The van der Waals surface area contributed by atoms with Crippen molar-refractivity contribution in [2.45, 2.75) is 52.6 Å². The summed E-state index contributed by atoms with van der Waals surface area (Å²) in [6, 6.07) is 2.48. The van der Waals surface area contributed by atoms with Crippen molar-refractivity contribution in [3.8, 4) is 0 Å². The van der Waals surface area contributed by atoms with E-state index in [2.05, 4.69) is 48.4 Å². The van der Waals surface area contributed by atoms with Gasteiger partial charge in [0.2, 0.25) is 0 Å². The maximum Gasteiger partial charge on any atom is 0.0522 e. The smallest absolute Gasteiger partial charge is 0.0522 e. The number of hydrogen-bond acceptors (Lipinski definition) is 3. The normalized spacial score (nSPS) is 12.5. The van der Waals surface area contributed by atoms with Crippen LogP contribution in [0.5, 0.6) is 0 Å². The number of nitrogens with one attached hydrogen (secondary N) is 1. The first-order valence-corrected chi connectivity index (χ1v) is 7.95. The van der Waals surface area contributed by atoms with E-state index in [1.807, 2.05) is 23.3 Å². The third kappa shape index (κ3) is 4.14. The van der Waals surface area contributed by atoms with Crippen LogP contribution in [0.4, 0.5) is 0 Å². The van der Waals surface area contributed by atoms with Crippen LogP contribution >= 0.6 is 0 Å². The molecule has 2 rings (SSSR count). The lowest BCUT2D eigenvalue weighted by Crippen LogP contribution is -2.25. The lowest BCUT2D eigenvalue weighted by Gasteiger charge is -2.21. The van der Waals surface area contributed by atoms with Gasteiger partial charge in [0.1, 0.15) is 0 Å². The molecule has 2 aromatic heterocycles. The molecule has 0 fully saturated rings. The molecule has 2 heterocycles. The molecule has 0 aliphatic heterocycles. The zero-order chi connectivity index (χ0) is 15.1. The molecule has 1 atom stereocenters. The first-order chi connectivity index (χ1) is 10.3. The minimum atomic E-state index is 0.331. The molecule has 0 aromatic carbocycles. The van der Waals surface area contributed by atoms with Gasteiger partial charge in [-0.2, -0.15) is 5.10 Å². The molecule has 4 heteroatoms. The Morgan fingerprint density at radius 3 is 2.76 bits per heavy atom. The maximum absolute atomic E-state index is 4.38. The molecular formula is C17H26N4. The van der Waals surface area contributed by atoms with E-state index < -0.39 is 0 Å². The highest BCUT2D eigenvalue weighted by Crippen LogP contribution is 2.22. The molecule has 0 aliphatic rings. The van der Waals surface area contributed by atoms with E-state index in [4.69, 9.17) is 0 Å². The fourth-order valence-corrected chi connectivity index (χ4v) is 2.60. The molecule has 0 saturated heterocycles. The van der Waals surface area contributed by atoms with Crippen LogP contribution in [0.25, 0.3) is 0 Å². The number of hydrogen-bond donors (Lipinski definition) is 1. The van der Waals surface area contributed by atoms with Gasteiger partial charge in [0.15, 0.2) is 0 Å². The summed E-state index contributed by atoms with van der Waals surface area (Å²) < 4.78 is 1.99. The third-order valence-corrected chi connectivity index (χ3v) is 3.79. The zero-order valence-electron chi connectivity index (χ0n) is 13.3. The second-order valence-electron chi connectivity index (χ2n) is 5.34. The van der Waals surface area contributed by atoms with Gasteiger partial charge in [-0.05, 0) is 55.5 Å². The van der Waals surface area contributed by atoms with Gasteiger partial charge in [-0.25, -0.2) is 0 Å². The first kappa shape index (κ1) is 15.7. The lowest BCUT2D eigenvalue weighted by molar-refractivity contribution is 0.525. The number of nitrogens with zero attached hydrogens (tertiary/aromatic N) is 3. The van der Waals surface area contributed by atoms with Gasteiger partial charge in [-0.15, -0.1) is 0 Å². The summed E-state index contributed by atoms with van der Waals surface area (Å²) in [5.74, 6) is 0. The summed E-state index contributed by atoms with van der Waals surface area (Å²) >= 11 is 0. The summed E-state index contributed by atoms with van der Waals surface area (Å²) in [6.07, 6.45) is 11.1. The summed E-state index contributed by atoms with van der Waals surface area (Å²) in [7, 11) is 0. The predicted molar refractivity (Wildman–Crippen MR) is 86.3 cm³/mol. The van der Waals surface area contributed by atoms with Crippen LogP contribution < -0.4 is 5.32 Å². The molecule has 0 radical (unpaired) electrons. The Labute approximate surface area is 127 Å². The van der Waals surface area contributed by atoms with E-state index in [1.165, 1.54) is 16.7 Å². The largest absolute Gasteiger partial charge is 0.310 e. The van der Waals surface area contributed by atoms with Crippen molar-refractivity contribution in [3.05, 3.63) is 47.5 Å². The average Bonchev–Trinajstić information content (AvgIpc) is 2.99. The van der Waals surface area contributed by atoms with E-state index in [1.54, 1.807) is 0 Å². The maximum atomic E-state index is 4.38. The number of rotatable bonds is 8. The highest BCUT2D eigenvalue weighted by Gasteiger charge is 2.15. The monoisotopic (exact) mass is 286 g/mol. The van der Waals surface area contributed by atoms with Crippen molar-refractivity contribution >= 4 is 0 Å². The van der Waals surface area contributed by atoms with Crippen molar-refractivity contribution in [2.75, 3.05) is 6.54 Å². The third-order valence-electron chi connectivity index (χ3n) is 3.79. The Morgan fingerprint density at radius 2 is 2.10 bits per heavy atom. The van der Waals surface area contributed by atoms with Gasteiger partial charge in [-0.1, -0.05) is 13.8 Å². The quantitative estimate of drug-likeness (QED) is 0.810. The first-order valence-electron chi connectivity index (χ1n) is 7.95. The molecule has 1 N–H and O–H groups in total. The van der Waals surface area contributed by atoms with Crippen molar-refractivity contribution in [1.82, 2.24) is 20.1 Å². The second-order valence-corrected chi connectivity index (χ2v) is 5.34. The van der Waals surface area contributed by atoms with Gasteiger partial charge < -0.3 is 5.32 Å². The molecule has 21 heavy (non-hydrogen) atoms. The van der Waals surface area contributed by atoms with Crippen molar-refractivity contribution in [3.63, 3.8) is 0 Å². The van der Waals surface area contributed by atoms with E-state index in [9.17, 15) is 0 Å². The Hall–Kier alpha value is -1.68. The number of pyridine rings is 1. The van der Waals surface area contributed by atoms with E-state index >= 15 is 0 Å². The van der Waals surface area contributed by atoms with E-state index in [-0.39, 0.29) is 0 Å². The summed E-state index contributed by atoms with van der Waals surface area (Å²) in [4.78, 5) is 4.26. The molecule has 2 aromatic rings. The van der Waals surface area contributed by atoms with Crippen LogP contribution in [-0.2, 0) is 19.4 Å². The fraction of sp³-hybridized carbons (Fsp3) is 0.529. The topological polar surface area (TPSA) is 42.7 Å². The van der Waals surface area contributed by atoms with Crippen LogP contribution in [0.15, 0.2) is 30.9 Å². The van der Waals surface area contributed by atoms with Gasteiger partial charge >= 0.3 is 0 Å². The average molecular weight is 286 g/mol. The lowest BCUT2D eigenvalue weighted by atomic mass is 9.96. The van der Waals surface area contributed by atoms with Crippen molar-refractivity contribution in [1.29, 1.82) is 0 Å². The zero-order valence-corrected chi connectivity index (χ0v) is 13.3. The minimum Gasteiger partial charge on any atom is -0.310 e. The van der Waals surface area contributed by atoms with Crippen LogP contribution in [0, 0.1) is 0 Å². The number of aromatic nitrogens is 3. The molecular weight excluding hydrogens is 260 g/mol. The summed E-state index contributed by atoms with van der Waals surface area (Å²) in [5.41, 5.74) is 3.98. The van der Waals surface area contributed by atoms with Gasteiger partial charge in [-0.3, -0.25) is 9.67 Å². The standard InChI is InChI=1S/C17H26N4/c1-4-8-19-17(10-14-11-20-21(6-3)13-14)16-7-9-18-12-15(16)5-2/h7,9,11-13,17,19H,4-6,8,10H2,1-3H3. The van der Waals surface area contributed by atoms with Gasteiger partial charge in [0.25, 0.3) is 0 Å². The molecule has 0 amide bonds. The Bertz CT molecular complexity index is 547. The van der Waals surface area contributed by atoms with Gasteiger partial charge in [0.05, 0.1) is 6.20 Å². The fourth-order valence-electron chi connectivity index (χ4n) is 2.60. The van der Waals surface area contributed by atoms with E-state index in [0.29, 0.717) is 6.04 Å². The Morgan fingerprint density at radius 1 is 1.24 bits per heavy atom. The molecule has 114 valence electrons. The summed E-state index contributed by atoms with van der Waals surface area (Å²) in [5, 5.41) is 8.05. The second kappa shape index (κ2) is 7.93. The molecule has 1 unspecified atom stereocenters. The van der Waals surface area contributed by atoms with Crippen molar-refractivity contribution in [2.24, 2.45) is 0 Å². The molecule has 0 aliphatic carbocycles. The highest BCUT2D eigenvalue weighted by molar-refractivity contribution is 5.28. The Balaban J connectivity index is 2.20. The molecule has 0 bridgehead atoms. The number of aryl methyl sites for hydroxylation is 2. The molecule has 4 nitrogen and oxygen atoms in total. The van der Waals surface area contributed by atoms with E-state index in [0.717, 1.165) is 32.4 Å². The molecule has 0 saturated carbocycles. The molecule has 0 spiro atoms. The predicted octanol–water partition coefficient (Wildman–Crippen LogP) is 3.14. The Kier molecular flexibility index (Phi) is 5.93. The van der Waals surface area contributed by atoms with Crippen molar-refractivity contribution < 1.29 is 0 Å². The van der Waals surface area contributed by atoms with Gasteiger partial charge in [0, 0.05) is 31.2 Å². The summed E-state index contributed by atoms with van der Waals surface area (Å²) in [6.45, 7) is 8.45. The highest BCUT2D eigenvalue weighted by atomic mass is 15.3.